The normalized spacial score (nSPS) is 14.9. The smallest absolute Gasteiger partial charge is 0.268 e. The summed E-state index contributed by atoms with van der Waals surface area (Å²) < 4.78 is 23.1. The average Bonchev–Trinajstić information content (AvgIpc) is 3.06. The number of likely N-dealkylation sites (N-methyl/N-ethyl adjacent to an activating group) is 1. The molecule has 0 aromatic heterocycles. The van der Waals surface area contributed by atoms with Gasteiger partial charge in [0.2, 0.25) is 5.91 Å². The first kappa shape index (κ1) is 48.7. The number of quaternary nitrogens is 1. The molecular weight excluding hydrogens is 647 g/mol. The number of amides is 1. The van der Waals surface area contributed by atoms with Gasteiger partial charge >= 0.3 is 0 Å². The van der Waals surface area contributed by atoms with E-state index in [4.69, 9.17) is 9.05 Å². The maximum atomic E-state index is 12.8. The highest BCUT2D eigenvalue weighted by atomic mass is 31.2. The minimum atomic E-state index is -4.59. The first-order valence-electron chi connectivity index (χ1n) is 20.4. The molecule has 0 aromatic carbocycles. The summed E-state index contributed by atoms with van der Waals surface area (Å²) in [5, 5.41) is 13.7. The molecule has 3 atom stereocenters. The predicted molar refractivity (Wildman–Crippen MR) is 210 cm³/mol. The van der Waals surface area contributed by atoms with Crippen molar-refractivity contribution in [3.8, 4) is 0 Å². The number of allylic oxidation sites excluding steroid dienone is 5. The van der Waals surface area contributed by atoms with Gasteiger partial charge in [0.15, 0.2) is 0 Å². The van der Waals surface area contributed by atoms with E-state index >= 15 is 0 Å². The molecule has 1 amide bonds. The molecule has 0 bridgehead atoms. The highest BCUT2D eigenvalue weighted by molar-refractivity contribution is 7.45. The second-order valence-corrected chi connectivity index (χ2v) is 16.4. The second-order valence-electron chi connectivity index (χ2n) is 15.0. The van der Waals surface area contributed by atoms with Gasteiger partial charge in [0.1, 0.15) is 13.2 Å². The summed E-state index contributed by atoms with van der Waals surface area (Å²) in [7, 11) is 1.23. The van der Waals surface area contributed by atoms with Crippen molar-refractivity contribution >= 4 is 13.7 Å². The predicted octanol–water partition coefficient (Wildman–Crippen LogP) is 10.1. The Bertz CT molecular complexity index is 917. The van der Waals surface area contributed by atoms with E-state index in [1.54, 1.807) is 6.08 Å². The van der Waals surface area contributed by atoms with E-state index in [-0.39, 0.29) is 12.5 Å². The molecule has 3 unspecified atom stereocenters. The number of phosphoric ester groups is 1. The molecule has 294 valence electrons. The quantitative estimate of drug-likeness (QED) is 0.0288. The number of phosphoric acid groups is 1. The molecule has 0 aliphatic carbocycles. The Hall–Kier alpha value is -1.28. The zero-order chi connectivity index (χ0) is 37.2. The van der Waals surface area contributed by atoms with Crippen molar-refractivity contribution in [3.63, 3.8) is 0 Å². The van der Waals surface area contributed by atoms with Gasteiger partial charge in [-0.3, -0.25) is 9.36 Å². The summed E-state index contributed by atoms with van der Waals surface area (Å²) in [5.41, 5.74) is 0. The Morgan fingerprint density at radius 3 is 1.62 bits per heavy atom. The van der Waals surface area contributed by atoms with Crippen LogP contribution in [0.3, 0.4) is 0 Å². The maximum absolute atomic E-state index is 12.8. The molecule has 0 aliphatic rings. The van der Waals surface area contributed by atoms with Gasteiger partial charge in [-0.05, 0) is 44.9 Å². The number of hydrogen-bond acceptors (Lipinski definition) is 6. The maximum Gasteiger partial charge on any atom is 0.268 e. The Balaban J connectivity index is 4.58. The summed E-state index contributed by atoms with van der Waals surface area (Å²) >= 11 is 0. The van der Waals surface area contributed by atoms with E-state index < -0.39 is 26.6 Å². The lowest BCUT2D eigenvalue weighted by atomic mass is 10.0. The van der Waals surface area contributed by atoms with Gasteiger partial charge in [0.25, 0.3) is 7.82 Å². The fraction of sp³-hybridized carbons (Fsp3) is 0.829. The minimum Gasteiger partial charge on any atom is -0.756 e. The molecule has 0 rings (SSSR count). The monoisotopic (exact) mass is 727 g/mol. The SMILES string of the molecule is CCCCCCC/C=C/CC/C=C/CC/C=C/C(O)C(COP(=O)([O-])OCC[N+](C)(C)C)NC(=O)CCCCCCCCCCCCCCC. The number of nitrogens with zero attached hydrogens (tertiary/aromatic N) is 1. The van der Waals surface area contributed by atoms with Crippen LogP contribution in [0, 0.1) is 0 Å². The van der Waals surface area contributed by atoms with Gasteiger partial charge in [0.05, 0.1) is 39.9 Å². The molecule has 0 aliphatic heterocycles. The Labute approximate surface area is 308 Å². The third-order valence-corrected chi connectivity index (χ3v) is 9.79. The Morgan fingerprint density at radius 1 is 0.680 bits per heavy atom. The number of aliphatic hydroxyl groups excluding tert-OH is 1. The van der Waals surface area contributed by atoms with Crippen molar-refractivity contribution in [1.82, 2.24) is 5.32 Å². The standard InChI is InChI=1S/C41H79N2O6P/c1-6-8-10-12-14-16-18-20-21-23-24-26-28-30-32-34-40(44)39(38-49-50(46,47)48-37-36-43(3,4)5)42-41(45)35-33-31-29-27-25-22-19-17-15-13-11-9-7-2/h18,20,24,26,32,34,39-40,44H,6-17,19,21-23,25,27-31,33,35-38H2,1-5H3,(H-,42,45,46,47)/b20-18+,26-24+,34-32+. The third kappa shape index (κ3) is 35.1. The highest BCUT2D eigenvalue weighted by Gasteiger charge is 2.23. The fourth-order valence-corrected chi connectivity index (χ4v) is 6.26. The van der Waals surface area contributed by atoms with Crippen LogP contribution >= 0.6 is 7.82 Å². The molecule has 8 nitrogen and oxygen atoms in total. The molecule has 9 heteroatoms. The molecule has 2 N–H and O–H groups in total. The molecule has 0 saturated heterocycles. The molecule has 0 saturated carbocycles. The van der Waals surface area contributed by atoms with Crippen molar-refractivity contribution in [3.05, 3.63) is 36.5 Å². The van der Waals surface area contributed by atoms with Crippen LogP contribution < -0.4 is 10.2 Å². The summed E-state index contributed by atoms with van der Waals surface area (Å²) in [6.07, 6.45) is 39.0. The second kappa shape index (κ2) is 33.5. The van der Waals surface area contributed by atoms with Gasteiger partial charge < -0.3 is 28.8 Å². The third-order valence-electron chi connectivity index (χ3n) is 8.83. The van der Waals surface area contributed by atoms with Crippen LogP contribution in [0.25, 0.3) is 0 Å². The number of carbonyl (C=O) groups is 1. The number of rotatable bonds is 36. The largest absolute Gasteiger partial charge is 0.756 e. The van der Waals surface area contributed by atoms with Crippen LogP contribution in [0.2, 0.25) is 0 Å². The summed E-state index contributed by atoms with van der Waals surface area (Å²) in [4.78, 5) is 25.2. The van der Waals surface area contributed by atoms with Crippen LogP contribution in [0.15, 0.2) is 36.5 Å². The van der Waals surface area contributed by atoms with E-state index in [1.807, 2.05) is 27.2 Å². The number of aliphatic hydroxyl groups is 1. The van der Waals surface area contributed by atoms with Gasteiger partial charge in [-0.25, -0.2) is 0 Å². The molecule has 0 spiro atoms. The van der Waals surface area contributed by atoms with Gasteiger partial charge in [-0.2, -0.15) is 0 Å². The lowest BCUT2D eigenvalue weighted by Gasteiger charge is -2.29. The van der Waals surface area contributed by atoms with Crippen LogP contribution in [-0.4, -0.2) is 68.5 Å². The molecule has 0 heterocycles. The number of carbonyl (C=O) groups excluding carboxylic acids is 1. The number of unbranched alkanes of at least 4 members (excludes halogenated alkanes) is 19. The number of nitrogens with one attached hydrogen (secondary N) is 1. The van der Waals surface area contributed by atoms with Crippen molar-refractivity contribution < 1.29 is 32.9 Å². The Morgan fingerprint density at radius 2 is 1.12 bits per heavy atom. The van der Waals surface area contributed by atoms with Crippen LogP contribution in [0.5, 0.6) is 0 Å². The molecule has 0 aromatic rings. The summed E-state index contributed by atoms with van der Waals surface area (Å²) in [5.74, 6) is -0.214. The van der Waals surface area contributed by atoms with Crippen LogP contribution in [0.1, 0.15) is 168 Å². The first-order valence-corrected chi connectivity index (χ1v) is 21.8. The fourth-order valence-electron chi connectivity index (χ4n) is 5.54. The van der Waals surface area contributed by atoms with Crippen LogP contribution in [0.4, 0.5) is 0 Å². The lowest BCUT2D eigenvalue weighted by Crippen LogP contribution is -2.45. The average molecular weight is 727 g/mol. The van der Waals surface area contributed by atoms with Crippen molar-refractivity contribution in [2.75, 3.05) is 40.9 Å². The van der Waals surface area contributed by atoms with Crippen molar-refractivity contribution in [2.24, 2.45) is 0 Å². The van der Waals surface area contributed by atoms with Crippen molar-refractivity contribution in [2.45, 2.75) is 180 Å². The first-order chi connectivity index (χ1) is 24.0. The van der Waals surface area contributed by atoms with Crippen LogP contribution in [-0.2, 0) is 18.4 Å². The molecule has 0 radical (unpaired) electrons. The topological polar surface area (TPSA) is 108 Å². The summed E-state index contributed by atoms with van der Waals surface area (Å²) in [6.45, 7) is 4.58. The van der Waals surface area contributed by atoms with E-state index in [0.29, 0.717) is 17.4 Å². The number of hydrogen-bond donors (Lipinski definition) is 2. The van der Waals surface area contributed by atoms with Gasteiger partial charge in [-0.15, -0.1) is 0 Å². The summed E-state index contributed by atoms with van der Waals surface area (Å²) in [6, 6.07) is -0.904. The zero-order valence-corrected chi connectivity index (χ0v) is 34.0. The highest BCUT2D eigenvalue weighted by Crippen LogP contribution is 2.38. The van der Waals surface area contributed by atoms with E-state index in [0.717, 1.165) is 44.9 Å². The van der Waals surface area contributed by atoms with E-state index in [1.165, 1.54) is 103 Å². The van der Waals surface area contributed by atoms with Gasteiger partial charge in [0, 0.05) is 6.42 Å². The Kier molecular flexibility index (Phi) is 32.7. The molecular formula is C41H79N2O6P. The van der Waals surface area contributed by atoms with Crippen molar-refractivity contribution in [1.29, 1.82) is 0 Å². The van der Waals surface area contributed by atoms with Gasteiger partial charge in [-0.1, -0.05) is 153 Å². The minimum absolute atomic E-state index is 0.00820. The molecule has 0 fully saturated rings. The van der Waals surface area contributed by atoms with E-state index in [9.17, 15) is 19.4 Å². The lowest BCUT2D eigenvalue weighted by molar-refractivity contribution is -0.870. The zero-order valence-electron chi connectivity index (χ0n) is 33.1. The molecule has 50 heavy (non-hydrogen) atoms. The van der Waals surface area contributed by atoms with E-state index in [2.05, 4.69) is 43.5 Å².